The molecule has 0 aromatic heterocycles. The van der Waals surface area contributed by atoms with E-state index in [0.29, 0.717) is 32.4 Å². The van der Waals surface area contributed by atoms with Gasteiger partial charge in [-0.3, -0.25) is 14.4 Å². The molecule has 3 aliphatic heterocycles. The molecule has 1 N–H and O–H groups in total. The Morgan fingerprint density at radius 3 is 2.59 bits per heavy atom. The summed E-state index contributed by atoms with van der Waals surface area (Å²) in [5.74, 6) is -1.57. The van der Waals surface area contributed by atoms with Gasteiger partial charge in [-0.15, -0.1) is 24.9 Å². The number of hydrogen-bond acceptors (Lipinski definition) is 6. The summed E-state index contributed by atoms with van der Waals surface area (Å²) >= 11 is 1.66. The number of aliphatic hydroxyl groups excluding tert-OH is 1. The van der Waals surface area contributed by atoms with Gasteiger partial charge in [-0.05, 0) is 52.4 Å². The Kier molecular flexibility index (Phi) is 8.23. The predicted molar refractivity (Wildman–Crippen MR) is 134 cm³/mol. The Hall–Kier alpha value is -1.80. The van der Waals surface area contributed by atoms with Crippen molar-refractivity contribution in [2.75, 3.05) is 26.3 Å². The molecule has 3 heterocycles. The van der Waals surface area contributed by atoms with Crippen LogP contribution in [0, 0.1) is 17.8 Å². The third kappa shape index (κ3) is 4.43. The van der Waals surface area contributed by atoms with Crippen molar-refractivity contribution in [1.29, 1.82) is 0 Å². The van der Waals surface area contributed by atoms with E-state index in [1.54, 1.807) is 33.7 Å². The summed E-state index contributed by atoms with van der Waals surface area (Å²) in [7, 11) is 0. The monoisotopic (exact) mass is 492 g/mol. The first-order chi connectivity index (χ1) is 16.1. The van der Waals surface area contributed by atoms with Crippen LogP contribution in [0.15, 0.2) is 25.3 Å². The largest absolute Gasteiger partial charge is 0.465 e. The molecule has 3 unspecified atom stereocenters. The maximum absolute atomic E-state index is 14.2. The van der Waals surface area contributed by atoms with E-state index in [2.05, 4.69) is 20.1 Å². The highest BCUT2D eigenvalue weighted by Gasteiger charge is 2.76. The highest BCUT2D eigenvalue weighted by molar-refractivity contribution is 8.02. The molecule has 190 valence electrons. The Balaban J connectivity index is 2.03. The molecule has 3 saturated heterocycles. The van der Waals surface area contributed by atoms with Crippen molar-refractivity contribution in [2.45, 2.75) is 75.0 Å². The van der Waals surface area contributed by atoms with Gasteiger partial charge in [0, 0.05) is 30.5 Å². The molecule has 34 heavy (non-hydrogen) atoms. The maximum Gasteiger partial charge on any atom is 0.310 e. The van der Waals surface area contributed by atoms with Crippen LogP contribution >= 0.6 is 11.8 Å². The average Bonchev–Trinajstić information content (AvgIpc) is 3.35. The van der Waals surface area contributed by atoms with Crippen LogP contribution in [-0.4, -0.2) is 80.6 Å². The summed E-state index contributed by atoms with van der Waals surface area (Å²) in [5.41, 5.74) is -0.451. The summed E-state index contributed by atoms with van der Waals surface area (Å²) in [6.07, 6.45) is 5.91. The second kappa shape index (κ2) is 10.4. The number of rotatable bonds is 11. The third-order valence-corrected chi connectivity index (χ3v) is 9.59. The number of unbranched alkanes of at least 4 members (excludes halogenated alkanes) is 1. The van der Waals surface area contributed by atoms with Crippen LogP contribution in [0.2, 0.25) is 0 Å². The third-order valence-electron chi connectivity index (χ3n) is 7.51. The highest BCUT2D eigenvalue weighted by Crippen LogP contribution is 2.68. The molecule has 6 atom stereocenters. The smallest absolute Gasteiger partial charge is 0.310 e. The lowest BCUT2D eigenvalue weighted by molar-refractivity contribution is -0.154. The molecule has 0 radical (unpaired) electrons. The SMILES string of the molecule is C=CCCOC(=O)[C@@H]1[C@H]2C(=O)N(CCCCO)C(C(=O)N(CC=C)C(C)(C)C)C23S[C@@H]1CC3C. The van der Waals surface area contributed by atoms with Gasteiger partial charge in [0.1, 0.15) is 6.04 Å². The van der Waals surface area contributed by atoms with E-state index in [9.17, 15) is 19.5 Å². The molecule has 0 aliphatic carbocycles. The molecule has 0 saturated carbocycles. The number of likely N-dealkylation sites (tertiary alicyclic amines) is 1. The van der Waals surface area contributed by atoms with Crippen LogP contribution in [-0.2, 0) is 19.1 Å². The average molecular weight is 493 g/mol. The maximum atomic E-state index is 14.2. The van der Waals surface area contributed by atoms with Gasteiger partial charge in [0.2, 0.25) is 11.8 Å². The van der Waals surface area contributed by atoms with Gasteiger partial charge in [0.25, 0.3) is 0 Å². The summed E-state index contributed by atoms with van der Waals surface area (Å²) in [6.45, 7) is 16.6. The fourth-order valence-corrected chi connectivity index (χ4v) is 8.42. The van der Waals surface area contributed by atoms with E-state index >= 15 is 0 Å². The van der Waals surface area contributed by atoms with Gasteiger partial charge in [-0.2, -0.15) is 0 Å². The van der Waals surface area contributed by atoms with E-state index in [-0.39, 0.29) is 42.2 Å². The van der Waals surface area contributed by atoms with Crippen molar-refractivity contribution < 1.29 is 24.2 Å². The van der Waals surface area contributed by atoms with Crippen molar-refractivity contribution >= 4 is 29.5 Å². The normalized spacial score (nSPS) is 32.0. The first-order valence-electron chi connectivity index (χ1n) is 12.3. The lowest BCUT2D eigenvalue weighted by atomic mass is 9.66. The molecule has 3 rings (SSSR count). The van der Waals surface area contributed by atoms with Gasteiger partial charge in [-0.1, -0.05) is 19.1 Å². The fourth-order valence-electron chi connectivity index (χ4n) is 6.01. The lowest BCUT2D eigenvalue weighted by Crippen LogP contribution is -2.60. The van der Waals surface area contributed by atoms with Gasteiger partial charge >= 0.3 is 5.97 Å². The Bertz CT molecular complexity index is 824. The number of fused-ring (bicyclic) bond motifs is 1. The van der Waals surface area contributed by atoms with Crippen molar-refractivity contribution in [3.63, 3.8) is 0 Å². The highest BCUT2D eigenvalue weighted by atomic mass is 32.2. The number of hydrogen-bond donors (Lipinski definition) is 1. The lowest BCUT2D eigenvalue weighted by Gasteiger charge is -2.44. The van der Waals surface area contributed by atoms with Crippen molar-refractivity contribution in [3.05, 3.63) is 25.3 Å². The van der Waals surface area contributed by atoms with Crippen LogP contribution in [0.5, 0.6) is 0 Å². The van der Waals surface area contributed by atoms with E-state index < -0.39 is 28.2 Å². The molecule has 0 aromatic carbocycles. The number of esters is 1. The first kappa shape index (κ1) is 26.8. The molecule has 0 aromatic rings. The van der Waals surface area contributed by atoms with Gasteiger partial charge in [-0.25, -0.2) is 0 Å². The van der Waals surface area contributed by atoms with E-state index in [1.165, 1.54) is 0 Å². The summed E-state index contributed by atoms with van der Waals surface area (Å²) < 4.78 is 4.88. The Labute approximate surface area is 208 Å². The summed E-state index contributed by atoms with van der Waals surface area (Å²) in [5, 5.41) is 9.28. The van der Waals surface area contributed by atoms with Gasteiger partial charge in [0.05, 0.1) is 23.2 Å². The minimum Gasteiger partial charge on any atom is -0.465 e. The molecule has 2 bridgehead atoms. The minimum absolute atomic E-state index is 0.0300. The van der Waals surface area contributed by atoms with E-state index in [4.69, 9.17) is 4.74 Å². The van der Waals surface area contributed by atoms with Crippen LogP contribution in [0.1, 0.15) is 53.4 Å². The number of carbonyl (C=O) groups excluding carboxylic acids is 3. The number of nitrogens with zero attached hydrogens (tertiary/aromatic N) is 2. The van der Waals surface area contributed by atoms with Gasteiger partial charge < -0.3 is 19.6 Å². The zero-order valence-corrected chi connectivity index (χ0v) is 21.8. The molecule has 3 fully saturated rings. The van der Waals surface area contributed by atoms with Crippen LogP contribution in [0.3, 0.4) is 0 Å². The first-order valence-corrected chi connectivity index (χ1v) is 13.2. The minimum atomic E-state index is -0.662. The number of ether oxygens (including phenoxy) is 1. The molecule has 8 heteroatoms. The zero-order chi connectivity index (χ0) is 25.3. The molecular weight excluding hydrogens is 452 g/mol. The molecule has 3 aliphatic rings. The topological polar surface area (TPSA) is 87.1 Å². The van der Waals surface area contributed by atoms with Crippen LogP contribution in [0.4, 0.5) is 0 Å². The number of carbonyl (C=O) groups is 3. The fraction of sp³-hybridized carbons (Fsp3) is 0.731. The van der Waals surface area contributed by atoms with Crippen molar-refractivity contribution in [3.8, 4) is 0 Å². The van der Waals surface area contributed by atoms with Gasteiger partial charge in [0.15, 0.2) is 0 Å². The summed E-state index contributed by atoms with van der Waals surface area (Å²) in [6, 6.07) is -0.654. The van der Waals surface area contributed by atoms with Crippen molar-refractivity contribution in [2.24, 2.45) is 17.8 Å². The number of aliphatic hydroxyl groups is 1. The standard InChI is InChI=1S/C26H40N2O5S/c1-7-9-15-33-24(32)19-18-16-17(3)26(34-18)20(19)22(30)27(13-10-11-14-29)21(26)23(31)28(12-8-2)25(4,5)6/h7-8,17-21,29H,1-2,9-16H2,3-6H3/t17?,18-,19+,20+,21?,26?/m1/s1. The molecule has 1 spiro atoms. The Morgan fingerprint density at radius 1 is 1.29 bits per heavy atom. The summed E-state index contributed by atoms with van der Waals surface area (Å²) in [4.78, 5) is 44.8. The quantitative estimate of drug-likeness (QED) is 0.271. The zero-order valence-electron chi connectivity index (χ0n) is 21.0. The van der Waals surface area contributed by atoms with Crippen LogP contribution in [0.25, 0.3) is 0 Å². The number of thioether (sulfide) groups is 1. The van der Waals surface area contributed by atoms with E-state index in [0.717, 1.165) is 6.42 Å². The predicted octanol–water partition coefficient (Wildman–Crippen LogP) is 3.03. The van der Waals surface area contributed by atoms with Crippen LogP contribution < -0.4 is 0 Å². The molecule has 2 amide bonds. The molecular formula is C26H40N2O5S. The number of amides is 2. The second-order valence-corrected chi connectivity index (χ2v) is 12.2. The van der Waals surface area contributed by atoms with Crippen molar-refractivity contribution in [1.82, 2.24) is 9.80 Å². The second-order valence-electron chi connectivity index (χ2n) is 10.7. The van der Waals surface area contributed by atoms with E-state index in [1.807, 2.05) is 20.8 Å². The molecule has 7 nitrogen and oxygen atoms in total. The Morgan fingerprint density at radius 2 is 2.00 bits per heavy atom.